The maximum absolute atomic E-state index is 10.6. The van der Waals surface area contributed by atoms with E-state index in [1.54, 1.807) is 0 Å². The molecule has 1 amide bonds. The molecule has 1 aromatic carbocycles. The van der Waals surface area contributed by atoms with Crippen LogP contribution in [0.1, 0.15) is 30.5 Å². The van der Waals surface area contributed by atoms with Crippen LogP contribution in [-0.2, 0) is 4.79 Å². The van der Waals surface area contributed by atoms with Crippen LogP contribution < -0.4 is 16.2 Å². The van der Waals surface area contributed by atoms with E-state index in [9.17, 15) is 4.79 Å². The third-order valence-corrected chi connectivity index (χ3v) is 2.26. The first-order valence-electron chi connectivity index (χ1n) is 5.28. The van der Waals surface area contributed by atoms with Gasteiger partial charge in [-0.05, 0) is 19.9 Å². The van der Waals surface area contributed by atoms with Crippen molar-refractivity contribution in [1.29, 1.82) is 0 Å². The molecule has 88 valence electrons. The van der Waals surface area contributed by atoms with E-state index in [-0.39, 0.29) is 25.0 Å². The second kappa shape index (κ2) is 5.51. The van der Waals surface area contributed by atoms with Crippen LogP contribution in [0.5, 0.6) is 5.75 Å². The molecule has 4 heteroatoms. The molecular weight excluding hydrogens is 204 g/mol. The van der Waals surface area contributed by atoms with Gasteiger partial charge in [0.1, 0.15) is 5.75 Å². The van der Waals surface area contributed by atoms with E-state index in [1.165, 1.54) is 0 Å². The number of carbonyl (C=O) groups excluding carboxylic acids is 1. The summed E-state index contributed by atoms with van der Waals surface area (Å²) in [5.74, 6) is 0.358. The Kier molecular flexibility index (Phi) is 4.31. The SMILES string of the molecule is Cc1ccc(OCCC(N)=O)c([C@@H](C)N)c1. The standard InChI is InChI=1S/C12H18N2O2/c1-8-3-4-11(10(7-8)9(2)13)16-6-5-12(14)15/h3-4,7,9H,5-6,13H2,1-2H3,(H2,14,15)/t9-/m1/s1. The molecule has 0 aromatic heterocycles. The normalized spacial score (nSPS) is 12.2. The van der Waals surface area contributed by atoms with Crippen molar-refractivity contribution >= 4 is 5.91 Å². The highest BCUT2D eigenvalue weighted by Gasteiger charge is 2.08. The summed E-state index contributed by atoms with van der Waals surface area (Å²) in [4.78, 5) is 10.6. The number of amides is 1. The van der Waals surface area contributed by atoms with Crippen LogP contribution in [0.25, 0.3) is 0 Å². The fraction of sp³-hybridized carbons (Fsp3) is 0.417. The van der Waals surface area contributed by atoms with Crippen molar-refractivity contribution in [3.05, 3.63) is 29.3 Å². The summed E-state index contributed by atoms with van der Waals surface area (Å²) in [5.41, 5.74) is 13.0. The number of benzene rings is 1. The molecule has 1 atom stereocenters. The van der Waals surface area contributed by atoms with Crippen LogP contribution >= 0.6 is 0 Å². The molecule has 0 saturated carbocycles. The van der Waals surface area contributed by atoms with Gasteiger partial charge in [0.2, 0.25) is 5.91 Å². The molecule has 0 aliphatic carbocycles. The average molecular weight is 222 g/mol. The Morgan fingerprint density at radius 2 is 2.19 bits per heavy atom. The molecule has 0 bridgehead atoms. The molecule has 1 rings (SSSR count). The van der Waals surface area contributed by atoms with Crippen molar-refractivity contribution in [3.63, 3.8) is 0 Å². The first-order chi connectivity index (χ1) is 7.50. The fourth-order valence-corrected chi connectivity index (χ4v) is 1.42. The zero-order chi connectivity index (χ0) is 12.1. The number of carbonyl (C=O) groups is 1. The Bertz CT molecular complexity index is 375. The van der Waals surface area contributed by atoms with Crippen LogP contribution in [0.15, 0.2) is 18.2 Å². The maximum atomic E-state index is 10.6. The number of primary amides is 1. The van der Waals surface area contributed by atoms with Crippen molar-refractivity contribution in [2.45, 2.75) is 26.3 Å². The molecule has 16 heavy (non-hydrogen) atoms. The highest BCUT2D eigenvalue weighted by molar-refractivity contribution is 5.73. The van der Waals surface area contributed by atoms with Gasteiger partial charge in [-0.3, -0.25) is 4.79 Å². The van der Waals surface area contributed by atoms with E-state index < -0.39 is 0 Å². The van der Waals surface area contributed by atoms with Crippen molar-refractivity contribution in [1.82, 2.24) is 0 Å². The van der Waals surface area contributed by atoms with Gasteiger partial charge in [0.15, 0.2) is 0 Å². The highest BCUT2D eigenvalue weighted by Crippen LogP contribution is 2.24. The lowest BCUT2D eigenvalue weighted by Gasteiger charge is -2.14. The summed E-state index contributed by atoms with van der Waals surface area (Å²) in [6, 6.07) is 5.72. The largest absolute Gasteiger partial charge is 0.493 e. The van der Waals surface area contributed by atoms with Gasteiger partial charge < -0.3 is 16.2 Å². The Hall–Kier alpha value is -1.55. The minimum Gasteiger partial charge on any atom is -0.493 e. The van der Waals surface area contributed by atoms with Gasteiger partial charge in [-0.15, -0.1) is 0 Å². The lowest BCUT2D eigenvalue weighted by atomic mass is 10.1. The summed E-state index contributed by atoms with van der Waals surface area (Å²) in [5, 5.41) is 0. The van der Waals surface area contributed by atoms with Gasteiger partial charge in [0.05, 0.1) is 13.0 Å². The number of hydrogen-bond acceptors (Lipinski definition) is 3. The third-order valence-electron chi connectivity index (χ3n) is 2.26. The van der Waals surface area contributed by atoms with E-state index in [4.69, 9.17) is 16.2 Å². The molecular formula is C12H18N2O2. The van der Waals surface area contributed by atoms with Crippen LogP contribution in [-0.4, -0.2) is 12.5 Å². The predicted octanol–water partition coefficient (Wildman–Crippen LogP) is 1.27. The molecule has 0 heterocycles. The van der Waals surface area contributed by atoms with Crippen molar-refractivity contribution in [2.75, 3.05) is 6.61 Å². The summed E-state index contributed by atoms with van der Waals surface area (Å²) in [6.45, 7) is 4.19. The van der Waals surface area contributed by atoms with Gasteiger partial charge >= 0.3 is 0 Å². The Morgan fingerprint density at radius 3 is 2.75 bits per heavy atom. The van der Waals surface area contributed by atoms with Crippen molar-refractivity contribution in [3.8, 4) is 5.75 Å². The summed E-state index contributed by atoms with van der Waals surface area (Å²) in [7, 11) is 0. The van der Waals surface area contributed by atoms with E-state index >= 15 is 0 Å². The van der Waals surface area contributed by atoms with E-state index in [0.717, 1.165) is 16.9 Å². The van der Waals surface area contributed by atoms with Gasteiger partial charge in [-0.2, -0.15) is 0 Å². The molecule has 0 aliphatic heterocycles. The highest BCUT2D eigenvalue weighted by atomic mass is 16.5. The third kappa shape index (κ3) is 3.55. The monoisotopic (exact) mass is 222 g/mol. The number of hydrogen-bond donors (Lipinski definition) is 2. The van der Waals surface area contributed by atoms with Crippen LogP contribution in [0, 0.1) is 6.92 Å². The first kappa shape index (κ1) is 12.5. The van der Waals surface area contributed by atoms with E-state index in [1.807, 2.05) is 32.0 Å². The fourth-order valence-electron chi connectivity index (χ4n) is 1.42. The van der Waals surface area contributed by atoms with Crippen molar-refractivity contribution in [2.24, 2.45) is 11.5 Å². The minimum atomic E-state index is -0.366. The Labute approximate surface area is 95.6 Å². The molecule has 4 N–H and O–H groups in total. The number of rotatable bonds is 5. The molecule has 0 spiro atoms. The lowest BCUT2D eigenvalue weighted by molar-refractivity contribution is -0.118. The summed E-state index contributed by atoms with van der Waals surface area (Å²) in [6.07, 6.45) is 0.215. The molecule has 0 saturated heterocycles. The van der Waals surface area contributed by atoms with Gasteiger partial charge in [0.25, 0.3) is 0 Å². The van der Waals surface area contributed by atoms with Gasteiger partial charge in [-0.25, -0.2) is 0 Å². The smallest absolute Gasteiger partial charge is 0.220 e. The summed E-state index contributed by atoms with van der Waals surface area (Å²) >= 11 is 0. The van der Waals surface area contributed by atoms with Crippen molar-refractivity contribution < 1.29 is 9.53 Å². The molecule has 1 aromatic rings. The topological polar surface area (TPSA) is 78.3 Å². The summed E-state index contributed by atoms with van der Waals surface area (Å²) < 4.78 is 5.48. The van der Waals surface area contributed by atoms with Crippen LogP contribution in [0.3, 0.4) is 0 Å². The number of nitrogens with two attached hydrogens (primary N) is 2. The number of aryl methyl sites for hydroxylation is 1. The van der Waals surface area contributed by atoms with Gasteiger partial charge in [0, 0.05) is 11.6 Å². The second-order valence-electron chi connectivity index (χ2n) is 3.89. The molecule has 0 radical (unpaired) electrons. The zero-order valence-electron chi connectivity index (χ0n) is 9.69. The average Bonchev–Trinajstić information content (AvgIpc) is 2.19. The predicted molar refractivity (Wildman–Crippen MR) is 63.1 cm³/mol. The molecule has 0 aliphatic rings. The van der Waals surface area contributed by atoms with E-state index in [0.29, 0.717) is 0 Å². The Morgan fingerprint density at radius 1 is 1.50 bits per heavy atom. The quantitative estimate of drug-likeness (QED) is 0.787. The van der Waals surface area contributed by atoms with Gasteiger partial charge in [-0.1, -0.05) is 17.7 Å². The first-order valence-corrected chi connectivity index (χ1v) is 5.28. The maximum Gasteiger partial charge on any atom is 0.220 e. The van der Waals surface area contributed by atoms with Crippen LogP contribution in [0.4, 0.5) is 0 Å². The molecule has 0 unspecified atom stereocenters. The lowest BCUT2D eigenvalue weighted by Crippen LogP contribution is -2.15. The van der Waals surface area contributed by atoms with E-state index in [2.05, 4.69) is 0 Å². The minimum absolute atomic E-state index is 0.0940. The van der Waals surface area contributed by atoms with Crippen LogP contribution in [0.2, 0.25) is 0 Å². The molecule has 4 nitrogen and oxygen atoms in total. The second-order valence-corrected chi connectivity index (χ2v) is 3.89. The molecule has 0 fully saturated rings. The number of ether oxygens (including phenoxy) is 1. The Balaban J connectivity index is 2.74. The zero-order valence-corrected chi connectivity index (χ0v) is 9.69.